The van der Waals surface area contributed by atoms with E-state index in [1.165, 1.54) is 25.7 Å². The first-order valence-electron chi connectivity index (χ1n) is 7.67. The number of likely N-dealkylation sites (N-methyl/N-ethyl adjacent to an activating group) is 1. The maximum Gasteiger partial charge on any atom is 0.246 e. The normalized spacial score (nSPS) is 22.6. The van der Waals surface area contributed by atoms with Gasteiger partial charge in [-0.25, -0.2) is 0 Å². The summed E-state index contributed by atoms with van der Waals surface area (Å²) in [5.74, 6) is 0.634. The number of hydrogen-bond donors (Lipinski definition) is 2. The second kappa shape index (κ2) is 6.24. The van der Waals surface area contributed by atoms with Crippen LogP contribution in [0.25, 0.3) is 0 Å². The summed E-state index contributed by atoms with van der Waals surface area (Å²) in [4.78, 5) is 11.9. The molecule has 0 aromatic heterocycles. The number of anilines is 1. The van der Waals surface area contributed by atoms with E-state index < -0.39 is 0 Å². The van der Waals surface area contributed by atoms with Gasteiger partial charge in [-0.1, -0.05) is 24.4 Å². The van der Waals surface area contributed by atoms with Crippen molar-refractivity contribution >= 4 is 23.2 Å². The highest BCUT2D eigenvalue weighted by Gasteiger charge is 2.30. The molecule has 1 heterocycles. The Hall–Kier alpha value is -1.26. The van der Waals surface area contributed by atoms with E-state index in [0.717, 1.165) is 24.1 Å². The molecule has 3 rings (SSSR count). The molecular formula is C16H21ClN2O2. The molecule has 0 radical (unpaired) electrons. The number of carbonyl (C=O) groups excluding carboxylic acids is 1. The van der Waals surface area contributed by atoms with E-state index in [1.54, 1.807) is 7.05 Å². The fourth-order valence-corrected chi connectivity index (χ4v) is 3.39. The van der Waals surface area contributed by atoms with Crippen molar-refractivity contribution in [1.29, 1.82) is 0 Å². The number of carbonyl (C=O) groups is 1. The number of fused-ring (bicyclic) bond motifs is 1. The molecular weight excluding hydrogens is 288 g/mol. The van der Waals surface area contributed by atoms with Crippen LogP contribution in [-0.4, -0.2) is 19.1 Å². The number of benzene rings is 1. The predicted octanol–water partition coefficient (Wildman–Crippen LogP) is 3.65. The van der Waals surface area contributed by atoms with E-state index in [0.29, 0.717) is 10.8 Å². The average molecular weight is 309 g/mol. The molecule has 5 heteroatoms. The van der Waals surface area contributed by atoms with E-state index in [4.69, 9.17) is 16.3 Å². The molecule has 2 N–H and O–H groups in total. The van der Waals surface area contributed by atoms with Crippen LogP contribution in [0.4, 0.5) is 5.69 Å². The SMILES string of the molecule is CNC1C(=O)Nc2cc(OC3CCCCCC3)c(Cl)cc21. The number of amides is 1. The van der Waals surface area contributed by atoms with Crippen molar-refractivity contribution in [3.63, 3.8) is 0 Å². The van der Waals surface area contributed by atoms with Crippen LogP contribution in [0.3, 0.4) is 0 Å². The first-order chi connectivity index (χ1) is 10.2. The summed E-state index contributed by atoms with van der Waals surface area (Å²) < 4.78 is 6.09. The molecule has 1 aliphatic carbocycles. The van der Waals surface area contributed by atoms with Crippen molar-refractivity contribution in [3.8, 4) is 5.75 Å². The van der Waals surface area contributed by atoms with E-state index >= 15 is 0 Å². The lowest BCUT2D eigenvalue weighted by atomic mass is 10.1. The molecule has 1 fully saturated rings. The third-order valence-corrected chi connectivity index (χ3v) is 4.61. The Morgan fingerprint density at radius 1 is 1.24 bits per heavy atom. The zero-order valence-electron chi connectivity index (χ0n) is 12.2. The van der Waals surface area contributed by atoms with Crippen LogP contribution < -0.4 is 15.4 Å². The summed E-state index contributed by atoms with van der Waals surface area (Å²) >= 11 is 6.35. The van der Waals surface area contributed by atoms with Gasteiger partial charge in [0, 0.05) is 17.3 Å². The number of rotatable bonds is 3. The van der Waals surface area contributed by atoms with Crippen LogP contribution in [0.5, 0.6) is 5.75 Å². The van der Waals surface area contributed by atoms with Gasteiger partial charge in [0.2, 0.25) is 5.91 Å². The second-order valence-electron chi connectivity index (χ2n) is 5.81. The highest BCUT2D eigenvalue weighted by atomic mass is 35.5. The molecule has 2 aliphatic rings. The van der Waals surface area contributed by atoms with Crippen molar-refractivity contribution in [2.75, 3.05) is 12.4 Å². The van der Waals surface area contributed by atoms with Crippen LogP contribution in [-0.2, 0) is 4.79 Å². The molecule has 4 nitrogen and oxygen atoms in total. The monoisotopic (exact) mass is 308 g/mol. The molecule has 1 saturated carbocycles. The summed E-state index contributed by atoms with van der Waals surface area (Å²) in [7, 11) is 1.77. The van der Waals surface area contributed by atoms with Crippen molar-refractivity contribution in [3.05, 3.63) is 22.7 Å². The van der Waals surface area contributed by atoms with Gasteiger partial charge in [0.05, 0.1) is 11.1 Å². The van der Waals surface area contributed by atoms with Gasteiger partial charge in [0.1, 0.15) is 11.8 Å². The van der Waals surface area contributed by atoms with Crippen molar-refractivity contribution < 1.29 is 9.53 Å². The van der Waals surface area contributed by atoms with Crippen molar-refractivity contribution in [2.45, 2.75) is 50.7 Å². The van der Waals surface area contributed by atoms with Crippen molar-refractivity contribution in [2.24, 2.45) is 0 Å². The zero-order valence-corrected chi connectivity index (χ0v) is 13.0. The van der Waals surface area contributed by atoms with E-state index in [2.05, 4.69) is 10.6 Å². The summed E-state index contributed by atoms with van der Waals surface area (Å²) in [5.41, 5.74) is 1.69. The fourth-order valence-electron chi connectivity index (χ4n) is 3.18. The van der Waals surface area contributed by atoms with Gasteiger partial charge >= 0.3 is 0 Å². The highest BCUT2D eigenvalue weighted by Crippen LogP contribution is 2.39. The first kappa shape index (κ1) is 14.7. The molecule has 0 saturated heterocycles. The summed E-state index contributed by atoms with van der Waals surface area (Å²) in [6, 6.07) is 3.37. The minimum absolute atomic E-state index is 0.0461. The predicted molar refractivity (Wildman–Crippen MR) is 84.0 cm³/mol. The quantitative estimate of drug-likeness (QED) is 0.838. The Labute approximate surface area is 130 Å². The van der Waals surface area contributed by atoms with E-state index in [-0.39, 0.29) is 18.1 Å². The molecule has 1 unspecified atom stereocenters. The Morgan fingerprint density at radius 2 is 1.95 bits per heavy atom. The van der Waals surface area contributed by atoms with Gasteiger partial charge < -0.3 is 15.4 Å². The minimum atomic E-state index is -0.329. The maximum absolute atomic E-state index is 11.9. The van der Waals surface area contributed by atoms with Crippen LogP contribution in [0, 0.1) is 0 Å². The Bertz CT molecular complexity index is 539. The van der Waals surface area contributed by atoms with E-state index in [9.17, 15) is 4.79 Å². The topological polar surface area (TPSA) is 50.4 Å². The van der Waals surface area contributed by atoms with Crippen LogP contribution in [0.1, 0.15) is 50.1 Å². The Balaban J connectivity index is 1.81. The highest BCUT2D eigenvalue weighted by molar-refractivity contribution is 6.32. The molecule has 114 valence electrons. The standard InChI is InChI=1S/C16H21ClN2O2/c1-18-15-11-8-12(17)14(9-13(11)19-16(15)20)21-10-6-4-2-3-5-7-10/h8-10,15,18H,2-7H2,1H3,(H,19,20). The molecule has 1 aliphatic heterocycles. The zero-order chi connectivity index (χ0) is 14.8. The minimum Gasteiger partial charge on any atom is -0.489 e. The summed E-state index contributed by atoms with van der Waals surface area (Å²) in [6.07, 6.45) is 7.41. The van der Waals surface area contributed by atoms with Crippen LogP contribution in [0.2, 0.25) is 5.02 Å². The maximum atomic E-state index is 11.9. The lowest BCUT2D eigenvalue weighted by molar-refractivity contribution is -0.117. The second-order valence-corrected chi connectivity index (χ2v) is 6.22. The molecule has 0 spiro atoms. The molecule has 1 atom stereocenters. The van der Waals surface area contributed by atoms with Gasteiger partial charge in [-0.05, 0) is 38.8 Å². The summed E-state index contributed by atoms with van der Waals surface area (Å²) in [6.45, 7) is 0. The third kappa shape index (κ3) is 3.01. The molecule has 1 aromatic rings. The van der Waals surface area contributed by atoms with Gasteiger partial charge in [-0.15, -0.1) is 0 Å². The van der Waals surface area contributed by atoms with Gasteiger partial charge in [0.25, 0.3) is 0 Å². The summed E-state index contributed by atoms with van der Waals surface area (Å²) in [5, 5.41) is 6.45. The van der Waals surface area contributed by atoms with Crippen LogP contribution >= 0.6 is 11.6 Å². The van der Waals surface area contributed by atoms with Crippen LogP contribution in [0.15, 0.2) is 12.1 Å². The molecule has 21 heavy (non-hydrogen) atoms. The molecule has 1 amide bonds. The molecule has 1 aromatic carbocycles. The average Bonchev–Trinajstić information content (AvgIpc) is 2.65. The smallest absolute Gasteiger partial charge is 0.246 e. The van der Waals surface area contributed by atoms with Crippen molar-refractivity contribution in [1.82, 2.24) is 5.32 Å². The van der Waals surface area contributed by atoms with E-state index in [1.807, 2.05) is 12.1 Å². The number of halogens is 1. The lowest BCUT2D eigenvalue weighted by Crippen LogP contribution is -2.23. The van der Waals surface area contributed by atoms with Gasteiger partial charge in [-0.2, -0.15) is 0 Å². The number of hydrogen-bond acceptors (Lipinski definition) is 3. The third-order valence-electron chi connectivity index (χ3n) is 4.32. The Kier molecular flexibility index (Phi) is 4.36. The molecule has 0 bridgehead atoms. The Morgan fingerprint density at radius 3 is 2.62 bits per heavy atom. The lowest BCUT2D eigenvalue weighted by Gasteiger charge is -2.19. The number of nitrogens with one attached hydrogen (secondary N) is 2. The number of ether oxygens (including phenoxy) is 1. The van der Waals surface area contributed by atoms with Gasteiger partial charge in [-0.3, -0.25) is 4.79 Å². The largest absolute Gasteiger partial charge is 0.489 e. The first-order valence-corrected chi connectivity index (χ1v) is 8.05. The van der Waals surface area contributed by atoms with Gasteiger partial charge in [0.15, 0.2) is 0 Å². The fraction of sp³-hybridized carbons (Fsp3) is 0.562.